The number of halogens is 1. The molecule has 1 rings (SSSR count). The van der Waals surface area contributed by atoms with Gasteiger partial charge in [-0.25, -0.2) is 13.1 Å². The van der Waals surface area contributed by atoms with E-state index in [9.17, 15) is 13.5 Å². The predicted octanol–water partition coefficient (Wildman–Crippen LogP) is 1.86. The first kappa shape index (κ1) is 16.4. The molecule has 1 atom stereocenters. The Hall–Kier alpha value is -0.630. The van der Waals surface area contributed by atoms with Gasteiger partial charge in [0.25, 0.3) is 0 Å². The topological polar surface area (TPSA) is 92.4 Å². The highest BCUT2D eigenvalue weighted by Crippen LogP contribution is 2.23. The fourth-order valence-electron chi connectivity index (χ4n) is 1.72. The molecule has 19 heavy (non-hydrogen) atoms. The minimum absolute atomic E-state index is 0.0167. The second kappa shape index (κ2) is 6.21. The van der Waals surface area contributed by atoms with Crippen LogP contribution < -0.4 is 10.5 Å². The first-order valence-corrected chi connectivity index (χ1v) is 8.22. The number of nitrogens with two attached hydrogens (primary N) is 1. The summed E-state index contributed by atoms with van der Waals surface area (Å²) in [5.41, 5.74) is 4.79. The van der Waals surface area contributed by atoms with Crippen LogP contribution in [-0.4, -0.2) is 25.7 Å². The van der Waals surface area contributed by atoms with Crippen LogP contribution in [-0.2, 0) is 10.0 Å². The molecule has 1 unspecified atom stereocenters. The van der Waals surface area contributed by atoms with E-state index >= 15 is 0 Å². The summed E-state index contributed by atoms with van der Waals surface area (Å²) in [4.78, 5) is 0.0167. The number of anilines is 1. The number of hydrogen-bond donors (Lipinski definition) is 3. The Morgan fingerprint density at radius 3 is 2.63 bits per heavy atom. The number of hydrogen-bond acceptors (Lipinski definition) is 4. The van der Waals surface area contributed by atoms with Gasteiger partial charge in [-0.2, -0.15) is 0 Å². The molecule has 0 aliphatic carbocycles. The number of aliphatic hydroxyl groups is 1. The Labute approximate surface area is 122 Å². The van der Waals surface area contributed by atoms with Gasteiger partial charge in [-0.1, -0.05) is 29.3 Å². The van der Waals surface area contributed by atoms with E-state index in [0.29, 0.717) is 10.9 Å². The van der Waals surface area contributed by atoms with Gasteiger partial charge in [0.1, 0.15) is 4.90 Å². The Bertz CT molecular complexity index is 544. The van der Waals surface area contributed by atoms with Crippen LogP contribution in [0.2, 0.25) is 0 Å². The van der Waals surface area contributed by atoms with Crippen LogP contribution in [0.5, 0.6) is 0 Å². The van der Waals surface area contributed by atoms with Gasteiger partial charge >= 0.3 is 0 Å². The van der Waals surface area contributed by atoms with Crippen LogP contribution in [0.4, 0.5) is 5.69 Å². The van der Waals surface area contributed by atoms with Crippen molar-refractivity contribution in [1.82, 2.24) is 4.72 Å². The molecule has 0 amide bonds. The average molecular weight is 351 g/mol. The zero-order valence-corrected chi connectivity index (χ0v) is 13.4. The zero-order valence-electron chi connectivity index (χ0n) is 11.0. The van der Waals surface area contributed by atoms with Crippen molar-refractivity contribution in [3.05, 3.63) is 22.7 Å². The van der Waals surface area contributed by atoms with Crippen LogP contribution in [0.25, 0.3) is 0 Å². The SMILES string of the molecule is CCCC(C)(O)CNS(=O)(=O)c1ccc(Br)cc1N. The van der Waals surface area contributed by atoms with E-state index in [2.05, 4.69) is 20.7 Å². The van der Waals surface area contributed by atoms with E-state index in [1.165, 1.54) is 12.1 Å². The van der Waals surface area contributed by atoms with Crippen LogP contribution in [0, 0.1) is 0 Å². The monoisotopic (exact) mass is 350 g/mol. The van der Waals surface area contributed by atoms with E-state index < -0.39 is 15.6 Å². The van der Waals surface area contributed by atoms with Gasteiger partial charge in [0.15, 0.2) is 0 Å². The molecular weight excluding hydrogens is 332 g/mol. The summed E-state index contributed by atoms with van der Waals surface area (Å²) in [5, 5.41) is 9.97. The van der Waals surface area contributed by atoms with Crippen molar-refractivity contribution in [1.29, 1.82) is 0 Å². The third kappa shape index (κ3) is 4.76. The summed E-state index contributed by atoms with van der Waals surface area (Å²) in [6.45, 7) is 3.48. The standard InChI is InChI=1S/C12H19BrN2O3S/c1-3-6-12(2,16)8-15-19(17,18)11-5-4-9(13)7-10(11)14/h4-5,7,15-16H,3,6,8,14H2,1-2H3. The summed E-state index contributed by atoms with van der Waals surface area (Å²) < 4.78 is 27.3. The highest BCUT2D eigenvalue weighted by atomic mass is 79.9. The fraction of sp³-hybridized carbons (Fsp3) is 0.500. The maximum absolute atomic E-state index is 12.1. The predicted molar refractivity (Wildman–Crippen MR) is 79.3 cm³/mol. The van der Waals surface area contributed by atoms with Crippen LogP contribution in [0.1, 0.15) is 26.7 Å². The normalized spacial score (nSPS) is 15.2. The fourth-order valence-corrected chi connectivity index (χ4v) is 3.37. The van der Waals surface area contributed by atoms with Gasteiger partial charge < -0.3 is 10.8 Å². The maximum atomic E-state index is 12.1. The van der Waals surface area contributed by atoms with E-state index in [1.54, 1.807) is 13.0 Å². The van der Waals surface area contributed by atoms with Crippen molar-refractivity contribution in [3.8, 4) is 0 Å². The largest absolute Gasteiger partial charge is 0.398 e. The lowest BCUT2D eigenvalue weighted by atomic mass is 10.0. The third-order valence-corrected chi connectivity index (χ3v) is 4.66. The molecular formula is C12H19BrN2O3S. The first-order valence-electron chi connectivity index (χ1n) is 5.95. The second-order valence-corrected chi connectivity index (χ2v) is 7.40. The third-order valence-electron chi connectivity index (χ3n) is 2.69. The molecule has 1 aromatic rings. The number of sulfonamides is 1. The molecule has 0 saturated heterocycles. The summed E-state index contributed by atoms with van der Waals surface area (Å²) in [5.74, 6) is 0. The van der Waals surface area contributed by atoms with Gasteiger partial charge in [0.05, 0.1) is 11.3 Å². The van der Waals surface area contributed by atoms with Crippen LogP contribution in [0.15, 0.2) is 27.6 Å². The second-order valence-electron chi connectivity index (χ2n) is 4.75. The first-order chi connectivity index (χ1) is 8.68. The summed E-state index contributed by atoms with van der Waals surface area (Å²) in [7, 11) is -3.72. The highest BCUT2D eigenvalue weighted by Gasteiger charge is 2.24. The Kier molecular flexibility index (Phi) is 5.37. The summed E-state index contributed by atoms with van der Waals surface area (Å²) in [6.07, 6.45) is 1.29. The molecule has 7 heteroatoms. The molecule has 0 aromatic heterocycles. The number of nitrogens with one attached hydrogen (secondary N) is 1. The molecule has 0 spiro atoms. The number of nitrogen functional groups attached to an aromatic ring is 1. The summed E-state index contributed by atoms with van der Waals surface area (Å²) in [6, 6.07) is 4.56. The highest BCUT2D eigenvalue weighted by molar-refractivity contribution is 9.10. The zero-order chi connectivity index (χ0) is 14.7. The van der Waals surface area contributed by atoms with Gasteiger partial charge in [0, 0.05) is 11.0 Å². The minimum atomic E-state index is -3.72. The smallest absolute Gasteiger partial charge is 0.242 e. The van der Waals surface area contributed by atoms with Gasteiger partial charge in [-0.3, -0.25) is 0 Å². The molecule has 0 fully saturated rings. The Morgan fingerprint density at radius 1 is 1.47 bits per heavy atom. The Balaban J connectivity index is 2.87. The average Bonchev–Trinajstić information content (AvgIpc) is 2.26. The van der Waals surface area contributed by atoms with Gasteiger partial charge in [0.2, 0.25) is 10.0 Å². The molecule has 0 radical (unpaired) electrons. The van der Waals surface area contributed by atoms with Crippen LogP contribution in [0.3, 0.4) is 0 Å². The molecule has 108 valence electrons. The van der Waals surface area contributed by atoms with E-state index in [1.807, 2.05) is 6.92 Å². The van der Waals surface area contributed by atoms with Crippen molar-refractivity contribution in [2.45, 2.75) is 37.2 Å². The van der Waals surface area contributed by atoms with Crippen molar-refractivity contribution in [3.63, 3.8) is 0 Å². The lowest BCUT2D eigenvalue weighted by Gasteiger charge is -2.23. The van der Waals surface area contributed by atoms with Crippen molar-refractivity contribution in [2.75, 3.05) is 12.3 Å². The van der Waals surface area contributed by atoms with Crippen molar-refractivity contribution in [2.24, 2.45) is 0 Å². The molecule has 0 heterocycles. The molecule has 0 aliphatic rings. The van der Waals surface area contributed by atoms with E-state index in [0.717, 1.165) is 6.42 Å². The minimum Gasteiger partial charge on any atom is -0.398 e. The van der Waals surface area contributed by atoms with Gasteiger partial charge in [-0.05, 0) is 31.5 Å². The lowest BCUT2D eigenvalue weighted by molar-refractivity contribution is 0.0554. The molecule has 1 aromatic carbocycles. The quantitative estimate of drug-likeness (QED) is 0.682. The van der Waals surface area contributed by atoms with E-state index in [4.69, 9.17) is 5.73 Å². The Morgan fingerprint density at radius 2 is 2.11 bits per heavy atom. The lowest BCUT2D eigenvalue weighted by Crippen LogP contribution is -2.40. The molecule has 5 nitrogen and oxygen atoms in total. The summed E-state index contributed by atoms with van der Waals surface area (Å²) >= 11 is 3.22. The molecule has 0 aliphatic heterocycles. The molecule has 0 saturated carbocycles. The van der Waals surface area contributed by atoms with Crippen LogP contribution >= 0.6 is 15.9 Å². The van der Waals surface area contributed by atoms with Crippen molar-refractivity contribution < 1.29 is 13.5 Å². The maximum Gasteiger partial charge on any atom is 0.242 e. The molecule has 0 bridgehead atoms. The van der Waals surface area contributed by atoms with Crippen molar-refractivity contribution >= 4 is 31.6 Å². The van der Waals surface area contributed by atoms with E-state index in [-0.39, 0.29) is 17.1 Å². The van der Waals surface area contributed by atoms with Gasteiger partial charge in [-0.15, -0.1) is 0 Å². The molecule has 4 N–H and O–H groups in total. The number of benzene rings is 1. The number of rotatable bonds is 6.